The summed E-state index contributed by atoms with van der Waals surface area (Å²) in [5.74, 6) is -1.45. The number of halogens is 2. The Bertz CT molecular complexity index is 691. The smallest absolute Gasteiger partial charge is 0.344 e. The molecule has 0 saturated heterocycles. The minimum absolute atomic E-state index is 0.210. The standard InChI is InChI=1S/C16H13BrFNO4/c17-11-4-6-13(7-5-11)19-15(20)9-23-16(21)10-22-14-3-1-2-12(18)8-14/h1-8H,9-10H2,(H,19,20). The number of benzene rings is 2. The van der Waals surface area contributed by atoms with Crippen LogP contribution in [-0.2, 0) is 14.3 Å². The van der Waals surface area contributed by atoms with Crippen molar-refractivity contribution in [2.24, 2.45) is 0 Å². The fraction of sp³-hybridized carbons (Fsp3) is 0.125. The molecule has 0 bridgehead atoms. The molecular formula is C16H13BrFNO4. The Kier molecular flexibility index (Phi) is 6.10. The Morgan fingerprint density at radius 2 is 1.83 bits per heavy atom. The van der Waals surface area contributed by atoms with Crippen molar-refractivity contribution in [3.05, 3.63) is 58.8 Å². The molecule has 2 aromatic carbocycles. The highest BCUT2D eigenvalue weighted by atomic mass is 79.9. The molecule has 0 fully saturated rings. The van der Waals surface area contributed by atoms with Gasteiger partial charge in [0.2, 0.25) is 0 Å². The third-order valence-electron chi connectivity index (χ3n) is 2.64. The third kappa shape index (κ3) is 6.07. The van der Waals surface area contributed by atoms with Crippen molar-refractivity contribution in [3.8, 4) is 5.75 Å². The summed E-state index contributed by atoms with van der Waals surface area (Å²) in [6.07, 6.45) is 0. The van der Waals surface area contributed by atoms with Gasteiger partial charge in [0.05, 0.1) is 0 Å². The molecule has 120 valence electrons. The molecule has 0 aliphatic heterocycles. The summed E-state index contributed by atoms with van der Waals surface area (Å²) in [5.41, 5.74) is 0.588. The quantitative estimate of drug-likeness (QED) is 0.780. The van der Waals surface area contributed by atoms with E-state index in [1.807, 2.05) is 0 Å². The van der Waals surface area contributed by atoms with E-state index in [9.17, 15) is 14.0 Å². The molecule has 0 heterocycles. The van der Waals surface area contributed by atoms with Gasteiger partial charge in [0.1, 0.15) is 11.6 Å². The molecule has 0 atom stereocenters. The van der Waals surface area contributed by atoms with Crippen LogP contribution in [-0.4, -0.2) is 25.1 Å². The van der Waals surface area contributed by atoms with E-state index in [0.29, 0.717) is 5.69 Å². The van der Waals surface area contributed by atoms with Gasteiger partial charge < -0.3 is 14.8 Å². The van der Waals surface area contributed by atoms with Gasteiger partial charge in [-0.05, 0) is 36.4 Å². The van der Waals surface area contributed by atoms with Gasteiger partial charge in [-0.1, -0.05) is 22.0 Å². The molecule has 23 heavy (non-hydrogen) atoms. The summed E-state index contributed by atoms with van der Waals surface area (Å²) in [5, 5.41) is 2.58. The highest BCUT2D eigenvalue weighted by Crippen LogP contribution is 2.14. The minimum atomic E-state index is -0.722. The lowest BCUT2D eigenvalue weighted by atomic mass is 10.3. The van der Waals surface area contributed by atoms with Gasteiger partial charge in [0, 0.05) is 16.2 Å². The number of rotatable bonds is 6. The van der Waals surface area contributed by atoms with Crippen LogP contribution in [0.1, 0.15) is 0 Å². The van der Waals surface area contributed by atoms with Crippen molar-refractivity contribution in [1.29, 1.82) is 0 Å². The summed E-state index contributed by atoms with van der Waals surface area (Å²) in [4.78, 5) is 23.1. The lowest BCUT2D eigenvalue weighted by Crippen LogP contribution is -2.23. The van der Waals surface area contributed by atoms with Crippen LogP contribution in [0.5, 0.6) is 5.75 Å². The topological polar surface area (TPSA) is 64.6 Å². The molecule has 0 unspecified atom stereocenters. The first-order chi connectivity index (χ1) is 11.0. The Morgan fingerprint density at radius 1 is 1.09 bits per heavy atom. The minimum Gasteiger partial charge on any atom is -0.482 e. The average molecular weight is 382 g/mol. The van der Waals surface area contributed by atoms with Crippen molar-refractivity contribution in [1.82, 2.24) is 0 Å². The first kappa shape index (κ1) is 17.0. The van der Waals surface area contributed by atoms with Crippen molar-refractivity contribution < 1.29 is 23.5 Å². The number of hydrogen-bond donors (Lipinski definition) is 1. The van der Waals surface area contributed by atoms with E-state index in [1.165, 1.54) is 18.2 Å². The molecule has 2 aromatic rings. The van der Waals surface area contributed by atoms with Crippen LogP contribution in [0.15, 0.2) is 53.0 Å². The monoisotopic (exact) mass is 381 g/mol. The maximum absolute atomic E-state index is 12.9. The largest absolute Gasteiger partial charge is 0.482 e. The second kappa shape index (κ2) is 8.28. The second-order valence-electron chi connectivity index (χ2n) is 4.46. The lowest BCUT2D eigenvalue weighted by molar-refractivity contribution is -0.149. The normalized spacial score (nSPS) is 10.0. The first-order valence-electron chi connectivity index (χ1n) is 6.62. The third-order valence-corrected chi connectivity index (χ3v) is 3.17. The van der Waals surface area contributed by atoms with Crippen LogP contribution in [0, 0.1) is 5.82 Å². The lowest BCUT2D eigenvalue weighted by Gasteiger charge is -2.08. The number of esters is 1. The molecular weight excluding hydrogens is 369 g/mol. The van der Waals surface area contributed by atoms with Gasteiger partial charge in [0.15, 0.2) is 13.2 Å². The van der Waals surface area contributed by atoms with Crippen LogP contribution >= 0.6 is 15.9 Å². The zero-order valence-electron chi connectivity index (χ0n) is 11.9. The molecule has 0 aliphatic rings. The molecule has 0 radical (unpaired) electrons. The van der Waals surface area contributed by atoms with E-state index in [2.05, 4.69) is 21.2 Å². The van der Waals surface area contributed by atoms with E-state index in [4.69, 9.17) is 9.47 Å². The van der Waals surface area contributed by atoms with Crippen molar-refractivity contribution in [2.75, 3.05) is 18.5 Å². The molecule has 0 spiro atoms. The zero-order chi connectivity index (χ0) is 16.7. The number of carbonyl (C=O) groups is 2. The fourth-order valence-corrected chi connectivity index (χ4v) is 1.88. The van der Waals surface area contributed by atoms with Crippen LogP contribution in [0.25, 0.3) is 0 Å². The molecule has 7 heteroatoms. The van der Waals surface area contributed by atoms with E-state index < -0.39 is 30.9 Å². The predicted octanol–water partition coefficient (Wildman–Crippen LogP) is 3.15. The second-order valence-corrected chi connectivity index (χ2v) is 5.38. The summed E-state index contributed by atoms with van der Waals surface area (Å²) in [7, 11) is 0. The number of carbonyl (C=O) groups excluding carboxylic acids is 2. The van der Waals surface area contributed by atoms with E-state index in [1.54, 1.807) is 24.3 Å². The van der Waals surface area contributed by atoms with E-state index >= 15 is 0 Å². The van der Waals surface area contributed by atoms with Gasteiger partial charge in [-0.3, -0.25) is 4.79 Å². The highest BCUT2D eigenvalue weighted by Gasteiger charge is 2.09. The SMILES string of the molecule is O=C(COC(=O)COc1cccc(F)c1)Nc1ccc(Br)cc1. The molecule has 1 N–H and O–H groups in total. The maximum Gasteiger partial charge on any atom is 0.344 e. The fourth-order valence-electron chi connectivity index (χ4n) is 1.62. The first-order valence-corrected chi connectivity index (χ1v) is 7.41. The Morgan fingerprint density at radius 3 is 2.52 bits per heavy atom. The highest BCUT2D eigenvalue weighted by molar-refractivity contribution is 9.10. The molecule has 0 saturated carbocycles. The summed E-state index contributed by atoms with van der Waals surface area (Å²) in [6, 6.07) is 12.3. The summed E-state index contributed by atoms with van der Waals surface area (Å²) >= 11 is 3.28. The maximum atomic E-state index is 12.9. The molecule has 0 aliphatic carbocycles. The molecule has 0 aromatic heterocycles. The summed E-state index contributed by atoms with van der Waals surface area (Å²) in [6.45, 7) is -0.837. The van der Waals surface area contributed by atoms with Crippen molar-refractivity contribution >= 4 is 33.5 Å². The Balaban J connectivity index is 1.71. The van der Waals surface area contributed by atoms with Gasteiger partial charge in [-0.25, -0.2) is 9.18 Å². The average Bonchev–Trinajstić information content (AvgIpc) is 2.53. The predicted molar refractivity (Wildman–Crippen MR) is 85.6 cm³/mol. The number of hydrogen-bond acceptors (Lipinski definition) is 4. The van der Waals surface area contributed by atoms with Gasteiger partial charge in [-0.15, -0.1) is 0 Å². The van der Waals surface area contributed by atoms with Crippen LogP contribution in [0.4, 0.5) is 10.1 Å². The van der Waals surface area contributed by atoms with E-state index in [0.717, 1.165) is 10.5 Å². The Hall–Kier alpha value is -2.41. The molecule has 1 amide bonds. The number of nitrogens with one attached hydrogen (secondary N) is 1. The van der Waals surface area contributed by atoms with Crippen molar-refractivity contribution in [2.45, 2.75) is 0 Å². The molecule has 2 rings (SSSR count). The van der Waals surface area contributed by atoms with Gasteiger partial charge in [0.25, 0.3) is 5.91 Å². The van der Waals surface area contributed by atoms with Gasteiger partial charge >= 0.3 is 5.97 Å². The van der Waals surface area contributed by atoms with E-state index in [-0.39, 0.29) is 5.75 Å². The van der Waals surface area contributed by atoms with Gasteiger partial charge in [-0.2, -0.15) is 0 Å². The van der Waals surface area contributed by atoms with Crippen LogP contribution < -0.4 is 10.1 Å². The van der Waals surface area contributed by atoms with Crippen LogP contribution in [0.2, 0.25) is 0 Å². The zero-order valence-corrected chi connectivity index (χ0v) is 13.5. The van der Waals surface area contributed by atoms with Crippen LogP contribution in [0.3, 0.4) is 0 Å². The molecule has 5 nitrogen and oxygen atoms in total. The number of amides is 1. The summed E-state index contributed by atoms with van der Waals surface area (Å²) < 4.78 is 23.6. The Labute approximate surface area is 140 Å². The number of ether oxygens (including phenoxy) is 2. The number of anilines is 1. The van der Waals surface area contributed by atoms with Crippen molar-refractivity contribution in [3.63, 3.8) is 0 Å².